The molecule has 1 amide bonds. The van der Waals surface area contributed by atoms with E-state index in [0.29, 0.717) is 17.0 Å². The fourth-order valence-corrected chi connectivity index (χ4v) is 1.30. The number of amides is 1. The van der Waals surface area contributed by atoms with Crippen molar-refractivity contribution in [2.45, 2.75) is 20.8 Å². The van der Waals surface area contributed by atoms with Gasteiger partial charge in [0.1, 0.15) is 5.75 Å². The molecule has 1 N–H and O–H groups in total. The van der Waals surface area contributed by atoms with Crippen LogP contribution in [-0.2, 0) is 4.79 Å². The van der Waals surface area contributed by atoms with E-state index in [0.717, 1.165) is 0 Å². The predicted molar refractivity (Wildman–Crippen MR) is 66.5 cm³/mol. The van der Waals surface area contributed by atoms with Crippen molar-refractivity contribution in [3.63, 3.8) is 0 Å². The normalized spacial score (nSPS) is 10.2. The summed E-state index contributed by atoms with van der Waals surface area (Å²) < 4.78 is 5.13. The highest BCUT2D eigenvalue weighted by atomic mass is 16.5. The lowest BCUT2D eigenvalue weighted by atomic mass is 10.1. The van der Waals surface area contributed by atoms with Crippen molar-refractivity contribution < 1.29 is 14.3 Å². The van der Waals surface area contributed by atoms with Crippen molar-refractivity contribution in [1.29, 1.82) is 0 Å². The van der Waals surface area contributed by atoms with E-state index in [1.165, 1.54) is 14.0 Å². The number of anilines is 1. The molecule has 0 aliphatic carbocycles. The Morgan fingerprint density at radius 3 is 2.41 bits per heavy atom. The molecule has 4 heteroatoms. The number of ketones is 1. The molecule has 0 aliphatic heterocycles. The molecule has 0 saturated carbocycles. The van der Waals surface area contributed by atoms with Gasteiger partial charge >= 0.3 is 0 Å². The molecule has 0 unspecified atom stereocenters. The molecule has 0 fully saturated rings. The van der Waals surface area contributed by atoms with Crippen molar-refractivity contribution in [2.24, 2.45) is 5.92 Å². The minimum atomic E-state index is -0.124. The lowest BCUT2D eigenvalue weighted by molar-refractivity contribution is -0.118. The Labute approximate surface area is 101 Å². The first-order valence-corrected chi connectivity index (χ1v) is 5.45. The van der Waals surface area contributed by atoms with E-state index in [-0.39, 0.29) is 17.6 Å². The third kappa shape index (κ3) is 3.31. The topological polar surface area (TPSA) is 55.4 Å². The van der Waals surface area contributed by atoms with E-state index in [1.807, 2.05) is 0 Å². The minimum absolute atomic E-state index is 0.0484. The Kier molecular flexibility index (Phi) is 4.26. The summed E-state index contributed by atoms with van der Waals surface area (Å²) in [5.74, 6) is 0.265. The van der Waals surface area contributed by atoms with Gasteiger partial charge in [-0.15, -0.1) is 0 Å². The van der Waals surface area contributed by atoms with Crippen LogP contribution < -0.4 is 10.1 Å². The van der Waals surface area contributed by atoms with Crippen LogP contribution in [0.4, 0.5) is 5.69 Å². The summed E-state index contributed by atoms with van der Waals surface area (Å²) in [6, 6.07) is 4.97. The number of benzene rings is 1. The van der Waals surface area contributed by atoms with Gasteiger partial charge in [-0.3, -0.25) is 9.59 Å². The number of hydrogen-bond donors (Lipinski definition) is 1. The summed E-state index contributed by atoms with van der Waals surface area (Å²) in [5, 5.41) is 2.74. The summed E-state index contributed by atoms with van der Waals surface area (Å²) in [6.07, 6.45) is 0. The van der Waals surface area contributed by atoms with Gasteiger partial charge in [-0.05, 0) is 25.1 Å². The lowest BCUT2D eigenvalue weighted by Crippen LogP contribution is -2.18. The average Bonchev–Trinajstić information content (AvgIpc) is 2.28. The molecule has 0 atom stereocenters. The average molecular weight is 235 g/mol. The van der Waals surface area contributed by atoms with Gasteiger partial charge in [-0.2, -0.15) is 0 Å². The quantitative estimate of drug-likeness (QED) is 0.816. The third-order valence-electron chi connectivity index (χ3n) is 2.39. The maximum absolute atomic E-state index is 11.6. The largest absolute Gasteiger partial charge is 0.495 e. The Hall–Kier alpha value is -1.84. The minimum Gasteiger partial charge on any atom is -0.495 e. The number of nitrogens with one attached hydrogen (secondary N) is 1. The molecule has 1 rings (SSSR count). The summed E-state index contributed by atoms with van der Waals surface area (Å²) >= 11 is 0. The lowest BCUT2D eigenvalue weighted by Gasteiger charge is -2.12. The third-order valence-corrected chi connectivity index (χ3v) is 2.39. The standard InChI is InChI=1S/C13H17NO3/c1-8(2)13(16)14-11-7-10(9(3)15)5-6-12(11)17-4/h5-8H,1-4H3,(H,14,16). The molecule has 0 heterocycles. The Balaban J connectivity index is 3.06. The summed E-state index contributed by atoms with van der Waals surface area (Å²) in [7, 11) is 1.52. The first kappa shape index (κ1) is 13.2. The molecule has 0 bridgehead atoms. The molecule has 0 spiro atoms. The molecule has 92 valence electrons. The van der Waals surface area contributed by atoms with Gasteiger partial charge in [0, 0.05) is 11.5 Å². The van der Waals surface area contributed by atoms with Gasteiger partial charge in [0.25, 0.3) is 0 Å². The monoisotopic (exact) mass is 235 g/mol. The second kappa shape index (κ2) is 5.48. The van der Waals surface area contributed by atoms with Crippen molar-refractivity contribution in [2.75, 3.05) is 12.4 Å². The van der Waals surface area contributed by atoms with Gasteiger partial charge in [-0.25, -0.2) is 0 Å². The van der Waals surface area contributed by atoms with Crippen LogP contribution in [0.1, 0.15) is 31.1 Å². The fourth-order valence-electron chi connectivity index (χ4n) is 1.30. The van der Waals surface area contributed by atoms with Crippen LogP contribution in [0.3, 0.4) is 0 Å². The SMILES string of the molecule is COc1ccc(C(C)=O)cc1NC(=O)C(C)C. The van der Waals surface area contributed by atoms with Gasteiger partial charge in [0.15, 0.2) is 5.78 Å². The number of hydrogen-bond acceptors (Lipinski definition) is 3. The molecule has 0 radical (unpaired) electrons. The predicted octanol–water partition coefficient (Wildman–Crippen LogP) is 2.49. The van der Waals surface area contributed by atoms with Crippen LogP contribution >= 0.6 is 0 Å². The van der Waals surface area contributed by atoms with Crippen LogP contribution in [-0.4, -0.2) is 18.8 Å². The number of Topliss-reactive ketones (excluding diaryl/α,β-unsaturated/α-hetero) is 1. The van der Waals surface area contributed by atoms with E-state index < -0.39 is 0 Å². The van der Waals surface area contributed by atoms with Gasteiger partial charge < -0.3 is 10.1 Å². The molecule has 0 aromatic heterocycles. The maximum atomic E-state index is 11.6. The number of rotatable bonds is 4. The summed E-state index contributed by atoms with van der Waals surface area (Å²) in [5.41, 5.74) is 1.07. The highest BCUT2D eigenvalue weighted by Gasteiger charge is 2.12. The van der Waals surface area contributed by atoms with Crippen LogP contribution in [0.25, 0.3) is 0 Å². The van der Waals surface area contributed by atoms with Crippen LogP contribution in [0.5, 0.6) is 5.75 Å². The molecular formula is C13H17NO3. The first-order chi connectivity index (χ1) is 7.95. The molecule has 4 nitrogen and oxygen atoms in total. The molecule has 0 aliphatic rings. The smallest absolute Gasteiger partial charge is 0.227 e. The zero-order valence-corrected chi connectivity index (χ0v) is 10.5. The second-order valence-electron chi connectivity index (χ2n) is 4.12. The van der Waals surface area contributed by atoms with E-state index in [1.54, 1.807) is 32.0 Å². The molecule has 0 saturated heterocycles. The summed E-state index contributed by atoms with van der Waals surface area (Å²) in [4.78, 5) is 22.9. The molecule has 1 aromatic rings. The zero-order chi connectivity index (χ0) is 13.0. The van der Waals surface area contributed by atoms with Crippen molar-refractivity contribution in [3.8, 4) is 5.75 Å². The van der Waals surface area contributed by atoms with Crippen molar-refractivity contribution >= 4 is 17.4 Å². The summed E-state index contributed by atoms with van der Waals surface area (Å²) in [6.45, 7) is 5.09. The van der Waals surface area contributed by atoms with Crippen LogP contribution in [0, 0.1) is 5.92 Å². The van der Waals surface area contributed by atoms with Crippen LogP contribution in [0.15, 0.2) is 18.2 Å². The van der Waals surface area contributed by atoms with Crippen molar-refractivity contribution in [1.82, 2.24) is 0 Å². The van der Waals surface area contributed by atoms with Crippen LogP contribution in [0.2, 0.25) is 0 Å². The van der Waals surface area contributed by atoms with Gasteiger partial charge in [-0.1, -0.05) is 13.8 Å². The number of carbonyl (C=O) groups is 2. The Morgan fingerprint density at radius 1 is 1.29 bits per heavy atom. The zero-order valence-electron chi connectivity index (χ0n) is 10.5. The van der Waals surface area contributed by atoms with Crippen molar-refractivity contribution in [3.05, 3.63) is 23.8 Å². The highest BCUT2D eigenvalue weighted by Crippen LogP contribution is 2.26. The van der Waals surface area contributed by atoms with Gasteiger partial charge in [0.05, 0.1) is 12.8 Å². The fraction of sp³-hybridized carbons (Fsp3) is 0.385. The molecule has 17 heavy (non-hydrogen) atoms. The number of methoxy groups -OCH3 is 1. The molecule has 1 aromatic carbocycles. The first-order valence-electron chi connectivity index (χ1n) is 5.45. The Bertz CT molecular complexity index is 438. The second-order valence-corrected chi connectivity index (χ2v) is 4.12. The van der Waals surface area contributed by atoms with Gasteiger partial charge in [0.2, 0.25) is 5.91 Å². The van der Waals surface area contributed by atoms with E-state index >= 15 is 0 Å². The van der Waals surface area contributed by atoms with E-state index in [2.05, 4.69) is 5.32 Å². The Morgan fingerprint density at radius 2 is 1.94 bits per heavy atom. The van der Waals surface area contributed by atoms with E-state index in [9.17, 15) is 9.59 Å². The van der Waals surface area contributed by atoms with E-state index in [4.69, 9.17) is 4.74 Å². The maximum Gasteiger partial charge on any atom is 0.227 e. The number of carbonyl (C=O) groups excluding carboxylic acids is 2. The molecular weight excluding hydrogens is 218 g/mol. The number of ether oxygens (including phenoxy) is 1. The highest BCUT2D eigenvalue weighted by molar-refractivity contribution is 5.98.